The molecule has 50 heavy (non-hydrogen) atoms. The van der Waals surface area contributed by atoms with Crippen LogP contribution in [-0.4, -0.2) is 95.8 Å². The van der Waals surface area contributed by atoms with Gasteiger partial charge in [0.2, 0.25) is 5.75 Å². The lowest BCUT2D eigenvalue weighted by atomic mass is 9.87. The number of ether oxygens (including phenoxy) is 5. The van der Waals surface area contributed by atoms with Gasteiger partial charge in [-0.15, -0.1) is 0 Å². The molecule has 0 saturated carbocycles. The van der Waals surface area contributed by atoms with Crippen molar-refractivity contribution in [2.75, 3.05) is 38.3 Å². The molecule has 2 aromatic carbocycles. The van der Waals surface area contributed by atoms with Gasteiger partial charge in [-0.05, 0) is 54.5 Å². The molecule has 0 saturated heterocycles. The van der Waals surface area contributed by atoms with Crippen molar-refractivity contribution in [3.8, 4) is 23.1 Å². The van der Waals surface area contributed by atoms with Crippen LogP contribution in [0.3, 0.4) is 0 Å². The zero-order valence-corrected chi connectivity index (χ0v) is 28.6. The molecule has 0 aliphatic carbocycles. The van der Waals surface area contributed by atoms with E-state index in [1.54, 1.807) is 36.4 Å². The van der Waals surface area contributed by atoms with Gasteiger partial charge in [-0.1, -0.05) is 39.0 Å². The zero-order chi connectivity index (χ0) is 36.7. The summed E-state index contributed by atoms with van der Waals surface area (Å²) in [5, 5.41) is 33.8. The normalized spacial score (nSPS) is 12.4. The number of carbonyl (C=O) groups excluding carboxylic acids is 1. The second kappa shape index (κ2) is 19.1. The highest BCUT2D eigenvalue weighted by molar-refractivity contribution is 7.92. The minimum atomic E-state index is -4.13. The molecule has 0 amide bonds. The Labute approximate surface area is 288 Å². The average Bonchev–Trinajstić information content (AvgIpc) is 3.06. The van der Waals surface area contributed by atoms with E-state index < -0.39 is 39.7 Å². The molecule has 1 atom stereocenters. The van der Waals surface area contributed by atoms with Crippen LogP contribution in [0.4, 0.5) is 10.6 Å². The molecular formula is C30H41N5O14S. The number of aromatic nitrogens is 2. The minimum Gasteiger partial charge on any atom is -0.497 e. The number of unbranched alkanes of at least 4 members (excludes halogenated alkanes) is 1. The Bertz CT molecular complexity index is 1600. The van der Waals surface area contributed by atoms with E-state index >= 15 is 0 Å². The molecular weight excluding hydrogens is 686 g/mol. The summed E-state index contributed by atoms with van der Waals surface area (Å²) in [5.74, 6) is 0.197. The van der Waals surface area contributed by atoms with Crippen molar-refractivity contribution in [2.24, 2.45) is 0 Å². The molecule has 0 bridgehead atoms. The largest absolute Gasteiger partial charge is 0.508 e. The third kappa shape index (κ3) is 13.5. The number of hydrogen-bond donors (Lipinski definition) is 5. The van der Waals surface area contributed by atoms with E-state index in [1.807, 2.05) is 20.8 Å². The number of nitrogens with one attached hydrogen (secondary N) is 1. The van der Waals surface area contributed by atoms with Gasteiger partial charge in [-0.3, -0.25) is 25.6 Å². The van der Waals surface area contributed by atoms with E-state index in [2.05, 4.69) is 24.4 Å². The van der Waals surface area contributed by atoms with Crippen molar-refractivity contribution in [2.45, 2.75) is 56.4 Å². The van der Waals surface area contributed by atoms with E-state index in [-0.39, 0.29) is 59.7 Å². The zero-order valence-electron chi connectivity index (χ0n) is 27.8. The highest BCUT2D eigenvalue weighted by Crippen LogP contribution is 2.37. The smallest absolute Gasteiger partial charge is 0.497 e. The number of methoxy groups -OCH3 is 1. The molecule has 0 spiro atoms. The number of nitrogens with zero attached hydrogens (tertiary/aromatic N) is 4. The van der Waals surface area contributed by atoms with Crippen LogP contribution < -0.4 is 18.9 Å². The fourth-order valence-electron chi connectivity index (χ4n) is 4.11. The van der Waals surface area contributed by atoms with Crippen LogP contribution in [0, 0.1) is 0 Å². The van der Waals surface area contributed by atoms with Crippen LogP contribution in [0.15, 0.2) is 59.8 Å². The Hall–Kier alpha value is -4.38. The molecule has 1 aromatic heterocycles. The molecule has 19 nitrogen and oxygen atoms in total. The topological polar surface area (TPSA) is 241 Å². The molecule has 3 aromatic rings. The van der Waals surface area contributed by atoms with Crippen LogP contribution in [-0.2, 0) is 34.6 Å². The van der Waals surface area contributed by atoms with Crippen molar-refractivity contribution in [1.82, 2.24) is 20.7 Å². The van der Waals surface area contributed by atoms with Gasteiger partial charge in [0.05, 0.1) is 29.4 Å². The summed E-state index contributed by atoms with van der Waals surface area (Å²) in [4.78, 5) is 29.2. The lowest BCUT2D eigenvalue weighted by Gasteiger charge is -2.19. The van der Waals surface area contributed by atoms with Crippen molar-refractivity contribution in [3.63, 3.8) is 0 Å². The highest BCUT2D eigenvalue weighted by Gasteiger charge is 2.24. The number of hydrogen-bond acceptors (Lipinski definition) is 18. The molecule has 0 radical (unpaired) electrons. The fraction of sp³-hybridized carbons (Fsp3) is 0.433. The van der Waals surface area contributed by atoms with E-state index in [9.17, 15) is 13.2 Å². The first-order valence-corrected chi connectivity index (χ1v) is 16.5. The van der Waals surface area contributed by atoms with E-state index in [4.69, 9.17) is 44.5 Å². The van der Waals surface area contributed by atoms with Crippen LogP contribution >= 0.6 is 0 Å². The highest BCUT2D eigenvalue weighted by atomic mass is 32.2. The third-order valence-electron chi connectivity index (χ3n) is 6.60. The predicted molar refractivity (Wildman–Crippen MR) is 169 cm³/mol. The lowest BCUT2D eigenvalue weighted by molar-refractivity contribution is -0.527. The van der Waals surface area contributed by atoms with Gasteiger partial charge in [0, 0.05) is 6.07 Å². The van der Waals surface area contributed by atoms with Crippen molar-refractivity contribution in [1.29, 1.82) is 0 Å². The molecule has 0 fully saturated rings. The van der Waals surface area contributed by atoms with Crippen LogP contribution in [0.5, 0.6) is 23.1 Å². The standard InChI is InChI=1S/C30H41N5O14S/c1-30(2,3)21-11-13-25(14-12-21)50(41,42)33-27-26(48-23-10-7-9-22(18-23)43-4)28(32-20-31-27)44-16-17-46-29(36)45-15-6-5-8-24(49-35(39)40)19-47-34(37)38/h7,9-14,18,20,24,37-40H,5-6,8,15-17,19H2,1-4H3,(H,31,32,33). The molecule has 276 valence electrons. The quantitative estimate of drug-likeness (QED) is 0.0612. The van der Waals surface area contributed by atoms with Crippen LogP contribution in [0.2, 0.25) is 0 Å². The first kappa shape index (κ1) is 40.1. The second-order valence-electron chi connectivity index (χ2n) is 11.3. The van der Waals surface area contributed by atoms with Gasteiger partial charge in [0.25, 0.3) is 15.9 Å². The van der Waals surface area contributed by atoms with Crippen molar-refractivity contribution in [3.05, 3.63) is 60.4 Å². The van der Waals surface area contributed by atoms with Gasteiger partial charge in [0.1, 0.15) is 43.8 Å². The molecule has 3 rings (SSSR count). The lowest BCUT2D eigenvalue weighted by Crippen LogP contribution is -2.31. The van der Waals surface area contributed by atoms with E-state index in [0.29, 0.717) is 18.6 Å². The van der Waals surface area contributed by atoms with Gasteiger partial charge in [-0.25, -0.2) is 27.9 Å². The summed E-state index contributed by atoms with van der Waals surface area (Å²) in [5.41, 5.74) is 0.771. The first-order chi connectivity index (χ1) is 23.7. The molecule has 5 N–H and O–H groups in total. The minimum absolute atomic E-state index is 0.00492. The summed E-state index contributed by atoms with van der Waals surface area (Å²) >= 11 is 0. The number of benzene rings is 2. The summed E-state index contributed by atoms with van der Waals surface area (Å²) in [7, 11) is -2.66. The third-order valence-corrected chi connectivity index (χ3v) is 7.95. The Kier molecular flexibility index (Phi) is 15.3. The average molecular weight is 728 g/mol. The Morgan fingerprint density at radius 1 is 0.920 bits per heavy atom. The second-order valence-corrected chi connectivity index (χ2v) is 13.0. The first-order valence-electron chi connectivity index (χ1n) is 15.1. The molecule has 0 aliphatic heterocycles. The number of anilines is 1. The van der Waals surface area contributed by atoms with Gasteiger partial charge in [0.15, 0.2) is 5.82 Å². The summed E-state index contributed by atoms with van der Waals surface area (Å²) in [6.45, 7) is 5.05. The fourth-order valence-corrected chi connectivity index (χ4v) is 5.12. The predicted octanol–water partition coefficient (Wildman–Crippen LogP) is 4.47. The summed E-state index contributed by atoms with van der Waals surface area (Å²) in [6, 6.07) is 13.0. The van der Waals surface area contributed by atoms with E-state index in [1.165, 1.54) is 19.2 Å². The van der Waals surface area contributed by atoms with Crippen LogP contribution in [0.1, 0.15) is 45.6 Å². The van der Waals surface area contributed by atoms with Crippen molar-refractivity contribution >= 4 is 22.0 Å². The molecule has 0 aliphatic rings. The maximum Gasteiger partial charge on any atom is 0.508 e. The van der Waals surface area contributed by atoms with Crippen LogP contribution in [0.25, 0.3) is 0 Å². The SMILES string of the molecule is COc1cccc(Oc2c(NS(=O)(=O)c3ccc(C(C)(C)C)cc3)ncnc2OCCOC(=O)OCCCCC(CON(O)O)ON(O)O)c1. The van der Waals surface area contributed by atoms with Gasteiger partial charge < -0.3 is 23.7 Å². The van der Waals surface area contributed by atoms with Gasteiger partial charge >= 0.3 is 6.16 Å². The Balaban J connectivity index is 1.61. The molecule has 1 unspecified atom stereocenters. The monoisotopic (exact) mass is 727 g/mol. The maximum absolute atomic E-state index is 13.4. The Morgan fingerprint density at radius 2 is 1.62 bits per heavy atom. The maximum atomic E-state index is 13.4. The number of sulfonamides is 1. The molecule has 1 heterocycles. The van der Waals surface area contributed by atoms with Crippen molar-refractivity contribution < 1.29 is 67.4 Å². The van der Waals surface area contributed by atoms with E-state index in [0.717, 1.165) is 11.9 Å². The molecule has 20 heteroatoms. The Morgan fingerprint density at radius 3 is 2.28 bits per heavy atom. The number of rotatable bonds is 20. The summed E-state index contributed by atoms with van der Waals surface area (Å²) in [6.07, 6.45) is -0.0557. The van der Waals surface area contributed by atoms with Gasteiger partial charge in [-0.2, -0.15) is 4.98 Å². The number of carbonyl (C=O) groups is 1. The summed E-state index contributed by atoms with van der Waals surface area (Å²) < 4.78 is 56.1.